The first-order chi connectivity index (χ1) is 15.4. The molecule has 162 valence electrons. The van der Waals surface area contributed by atoms with E-state index in [0.29, 0.717) is 6.54 Å². The monoisotopic (exact) mass is 435 g/mol. The van der Waals surface area contributed by atoms with Crippen molar-refractivity contribution in [2.75, 3.05) is 11.4 Å². The quantitative estimate of drug-likeness (QED) is 0.417. The van der Waals surface area contributed by atoms with E-state index in [1.165, 1.54) is 11.0 Å². The van der Waals surface area contributed by atoms with Gasteiger partial charge < -0.3 is 9.47 Å². The molecule has 1 aliphatic rings. The Balaban J connectivity index is 1.50. The second-order valence-corrected chi connectivity index (χ2v) is 7.98. The van der Waals surface area contributed by atoms with E-state index in [1.54, 1.807) is 6.07 Å². The summed E-state index contributed by atoms with van der Waals surface area (Å²) in [5.74, 6) is 0.360. The number of nitrogens with zero attached hydrogens (tertiary/aromatic N) is 3. The predicted octanol–water partition coefficient (Wildman–Crippen LogP) is 5.62. The van der Waals surface area contributed by atoms with Crippen LogP contribution in [0.25, 0.3) is 11.0 Å². The zero-order valence-electron chi connectivity index (χ0n) is 17.1. The van der Waals surface area contributed by atoms with Gasteiger partial charge in [0.25, 0.3) is 0 Å². The third kappa shape index (κ3) is 3.75. The lowest BCUT2D eigenvalue weighted by atomic mass is 10.1. The van der Waals surface area contributed by atoms with Gasteiger partial charge in [-0.1, -0.05) is 48.5 Å². The summed E-state index contributed by atoms with van der Waals surface area (Å²) in [4.78, 5) is 19.1. The summed E-state index contributed by atoms with van der Waals surface area (Å²) in [5, 5.41) is 0. The van der Waals surface area contributed by atoms with Crippen LogP contribution in [0.15, 0.2) is 78.9 Å². The van der Waals surface area contributed by atoms with Crippen LogP contribution < -0.4 is 4.90 Å². The summed E-state index contributed by atoms with van der Waals surface area (Å²) in [7, 11) is 0. The van der Waals surface area contributed by atoms with Gasteiger partial charge in [0.2, 0.25) is 5.91 Å². The van der Waals surface area contributed by atoms with Crippen LogP contribution in [0.4, 0.5) is 18.9 Å². The van der Waals surface area contributed by atoms with Gasteiger partial charge in [0, 0.05) is 31.1 Å². The molecule has 0 bridgehead atoms. The largest absolute Gasteiger partial charge is 0.416 e. The van der Waals surface area contributed by atoms with Gasteiger partial charge in [0.05, 0.1) is 16.6 Å². The van der Waals surface area contributed by atoms with Crippen LogP contribution in [-0.2, 0) is 17.5 Å². The molecule has 1 atom stereocenters. The highest BCUT2D eigenvalue weighted by Gasteiger charge is 2.36. The molecule has 5 rings (SSSR count). The van der Waals surface area contributed by atoms with Crippen molar-refractivity contribution < 1.29 is 18.0 Å². The van der Waals surface area contributed by atoms with Crippen molar-refractivity contribution in [3.8, 4) is 0 Å². The molecule has 1 saturated heterocycles. The van der Waals surface area contributed by atoms with Gasteiger partial charge in [-0.05, 0) is 35.9 Å². The number of hydrogen-bond acceptors (Lipinski definition) is 2. The van der Waals surface area contributed by atoms with Gasteiger partial charge in [-0.2, -0.15) is 13.2 Å². The lowest BCUT2D eigenvalue weighted by Crippen LogP contribution is -2.25. The van der Waals surface area contributed by atoms with E-state index < -0.39 is 11.7 Å². The van der Waals surface area contributed by atoms with Gasteiger partial charge in [-0.3, -0.25) is 4.79 Å². The van der Waals surface area contributed by atoms with Crippen LogP contribution >= 0.6 is 0 Å². The second kappa shape index (κ2) is 7.82. The fourth-order valence-electron chi connectivity index (χ4n) is 4.32. The van der Waals surface area contributed by atoms with E-state index in [2.05, 4.69) is 4.57 Å². The minimum Gasteiger partial charge on any atom is -0.323 e. The molecular formula is C25H20F3N3O. The Kier molecular flexibility index (Phi) is 4.96. The Morgan fingerprint density at radius 3 is 2.47 bits per heavy atom. The summed E-state index contributed by atoms with van der Waals surface area (Å²) < 4.78 is 41.6. The number of alkyl halides is 3. The van der Waals surface area contributed by atoms with Crippen molar-refractivity contribution in [3.63, 3.8) is 0 Å². The van der Waals surface area contributed by atoms with Gasteiger partial charge in [0.1, 0.15) is 5.82 Å². The highest BCUT2D eigenvalue weighted by Crippen LogP contribution is 2.36. The van der Waals surface area contributed by atoms with Crippen molar-refractivity contribution in [2.24, 2.45) is 0 Å². The summed E-state index contributed by atoms with van der Waals surface area (Å²) in [6.07, 6.45) is -4.25. The number of anilines is 1. The number of imidazole rings is 1. The van der Waals surface area contributed by atoms with Crippen molar-refractivity contribution in [1.29, 1.82) is 0 Å². The second-order valence-electron chi connectivity index (χ2n) is 7.98. The number of halogens is 3. The molecule has 0 aliphatic carbocycles. The van der Waals surface area contributed by atoms with Crippen LogP contribution in [0.5, 0.6) is 0 Å². The number of aromatic nitrogens is 2. The number of rotatable bonds is 4. The third-order valence-electron chi connectivity index (χ3n) is 5.84. The van der Waals surface area contributed by atoms with E-state index in [-0.39, 0.29) is 30.5 Å². The van der Waals surface area contributed by atoms with Crippen molar-refractivity contribution in [1.82, 2.24) is 9.55 Å². The molecule has 4 nitrogen and oxygen atoms in total. The molecule has 0 saturated carbocycles. The van der Waals surface area contributed by atoms with Gasteiger partial charge >= 0.3 is 6.18 Å². The minimum absolute atomic E-state index is 0.201. The molecule has 2 heterocycles. The summed E-state index contributed by atoms with van der Waals surface area (Å²) in [6, 6.07) is 22.7. The molecular weight excluding hydrogens is 415 g/mol. The first-order valence-electron chi connectivity index (χ1n) is 10.4. The number of carbonyl (C=O) groups is 1. The molecule has 32 heavy (non-hydrogen) atoms. The van der Waals surface area contributed by atoms with Crippen LogP contribution in [0.1, 0.15) is 29.3 Å². The van der Waals surface area contributed by atoms with Crippen LogP contribution in [-0.4, -0.2) is 22.0 Å². The lowest BCUT2D eigenvalue weighted by Gasteiger charge is -2.19. The Morgan fingerprint density at radius 1 is 0.938 bits per heavy atom. The summed E-state index contributed by atoms with van der Waals surface area (Å²) >= 11 is 0. The molecule has 1 aromatic heterocycles. The molecule has 0 N–H and O–H groups in total. The molecule has 1 fully saturated rings. The Hall–Kier alpha value is -3.61. The summed E-state index contributed by atoms with van der Waals surface area (Å²) in [5.41, 5.74) is 2.41. The predicted molar refractivity (Wildman–Crippen MR) is 116 cm³/mol. The molecule has 7 heteroatoms. The molecule has 0 spiro atoms. The smallest absolute Gasteiger partial charge is 0.323 e. The van der Waals surface area contributed by atoms with E-state index in [4.69, 9.17) is 4.98 Å². The van der Waals surface area contributed by atoms with Gasteiger partial charge in [-0.25, -0.2) is 4.98 Å². The third-order valence-corrected chi connectivity index (χ3v) is 5.84. The highest BCUT2D eigenvalue weighted by atomic mass is 19.4. The maximum absolute atomic E-state index is 13.2. The zero-order valence-corrected chi connectivity index (χ0v) is 17.1. The number of para-hydroxylation sites is 2. The van der Waals surface area contributed by atoms with Gasteiger partial charge in [-0.15, -0.1) is 0 Å². The number of fused-ring (bicyclic) bond motifs is 1. The Morgan fingerprint density at radius 2 is 1.69 bits per heavy atom. The van der Waals surface area contributed by atoms with Gasteiger partial charge in [0.15, 0.2) is 0 Å². The Labute approximate surface area is 182 Å². The van der Waals surface area contributed by atoms with Crippen LogP contribution in [0.3, 0.4) is 0 Å². The number of hydrogen-bond donors (Lipinski definition) is 0. The normalized spacial score (nSPS) is 16.8. The molecule has 3 aromatic carbocycles. The number of carbonyl (C=O) groups excluding carboxylic acids is 1. The fourth-order valence-corrected chi connectivity index (χ4v) is 4.32. The topological polar surface area (TPSA) is 38.1 Å². The molecule has 0 radical (unpaired) electrons. The molecule has 1 amide bonds. The highest BCUT2D eigenvalue weighted by molar-refractivity contribution is 5.96. The number of amides is 1. The minimum atomic E-state index is -4.46. The SMILES string of the molecule is O=C1C[C@H](c2nc3ccccc3n2Cc2ccccc2)CN1c1cccc(C(F)(F)F)c1. The number of benzene rings is 3. The van der Waals surface area contributed by atoms with Crippen molar-refractivity contribution in [3.05, 3.63) is 95.8 Å². The molecule has 0 unspecified atom stereocenters. The average Bonchev–Trinajstić information content (AvgIpc) is 3.35. The van der Waals surface area contributed by atoms with E-state index in [0.717, 1.165) is 34.6 Å². The van der Waals surface area contributed by atoms with E-state index in [9.17, 15) is 18.0 Å². The van der Waals surface area contributed by atoms with E-state index >= 15 is 0 Å². The van der Waals surface area contributed by atoms with Crippen LogP contribution in [0.2, 0.25) is 0 Å². The summed E-state index contributed by atoms with van der Waals surface area (Å²) in [6.45, 7) is 0.892. The standard InChI is InChI=1S/C25H20F3N3O/c26-25(27,28)19-9-6-10-20(14-19)30-16-18(13-23(30)32)24-29-21-11-4-5-12-22(21)31(24)15-17-7-2-1-3-8-17/h1-12,14,18H,13,15-16H2/t18-/m0/s1. The van der Waals surface area contributed by atoms with Crippen molar-refractivity contribution in [2.45, 2.75) is 25.1 Å². The first-order valence-corrected chi connectivity index (χ1v) is 10.4. The Bertz CT molecular complexity index is 1280. The first kappa shape index (κ1) is 20.3. The van der Waals surface area contributed by atoms with Crippen LogP contribution in [0, 0.1) is 0 Å². The fraction of sp³-hybridized carbons (Fsp3) is 0.200. The lowest BCUT2D eigenvalue weighted by molar-refractivity contribution is -0.137. The molecule has 1 aliphatic heterocycles. The average molecular weight is 435 g/mol. The van der Waals surface area contributed by atoms with Crippen molar-refractivity contribution >= 4 is 22.6 Å². The zero-order chi connectivity index (χ0) is 22.3. The van der Waals surface area contributed by atoms with E-state index in [1.807, 2.05) is 54.6 Å². The maximum atomic E-state index is 13.2. The maximum Gasteiger partial charge on any atom is 0.416 e. The molecule has 4 aromatic rings.